The van der Waals surface area contributed by atoms with Gasteiger partial charge < -0.3 is 20.9 Å². The summed E-state index contributed by atoms with van der Waals surface area (Å²) in [6.45, 7) is 4.34. The Hall–Kier alpha value is -2.32. The highest BCUT2D eigenvalue weighted by molar-refractivity contribution is 5.54. The van der Waals surface area contributed by atoms with Crippen LogP contribution in [-0.2, 0) is 15.9 Å². The Bertz CT molecular complexity index is 684. The largest absolute Gasteiger partial charge is 0.402 e. The average Bonchev–Trinajstić information content (AvgIpc) is 3.07. The second kappa shape index (κ2) is 8.68. The minimum Gasteiger partial charge on any atom is -0.402 e. The summed E-state index contributed by atoms with van der Waals surface area (Å²) < 4.78 is 51.2. The quantitative estimate of drug-likeness (QED) is 0.582. The van der Waals surface area contributed by atoms with Crippen LogP contribution in [0.5, 0.6) is 0 Å². The van der Waals surface area contributed by atoms with Gasteiger partial charge in [0.2, 0.25) is 0 Å². The van der Waals surface area contributed by atoms with E-state index >= 15 is 0 Å². The van der Waals surface area contributed by atoms with Crippen LogP contribution in [0.25, 0.3) is 0 Å². The van der Waals surface area contributed by atoms with Crippen LogP contribution in [-0.4, -0.2) is 25.8 Å². The molecule has 1 saturated heterocycles. The van der Waals surface area contributed by atoms with Crippen molar-refractivity contribution in [1.82, 2.24) is 0 Å². The summed E-state index contributed by atoms with van der Waals surface area (Å²) in [6.07, 6.45) is -2.47. The van der Waals surface area contributed by atoms with Gasteiger partial charge in [0.1, 0.15) is 5.82 Å². The van der Waals surface area contributed by atoms with Crippen LogP contribution in [0.3, 0.4) is 0 Å². The summed E-state index contributed by atoms with van der Waals surface area (Å²) in [4.78, 5) is 4.05. The van der Waals surface area contributed by atoms with E-state index < -0.39 is 24.1 Å². The van der Waals surface area contributed by atoms with E-state index in [1.54, 1.807) is 0 Å². The molecule has 8 heteroatoms. The molecule has 1 aliphatic rings. The number of ether oxygens (including phenoxy) is 2. The molecule has 1 aromatic carbocycles. The van der Waals surface area contributed by atoms with Gasteiger partial charge in [-0.05, 0) is 5.56 Å². The summed E-state index contributed by atoms with van der Waals surface area (Å²) in [5, 5.41) is 0. The Kier molecular flexibility index (Phi) is 6.60. The van der Waals surface area contributed by atoms with E-state index in [9.17, 15) is 13.2 Å². The third-order valence-electron chi connectivity index (χ3n) is 3.63. The summed E-state index contributed by atoms with van der Waals surface area (Å²) in [5.74, 6) is -0.962. The van der Waals surface area contributed by atoms with Crippen LogP contribution in [0.15, 0.2) is 46.7 Å². The van der Waals surface area contributed by atoms with Crippen molar-refractivity contribution in [3.63, 3.8) is 0 Å². The predicted octanol–water partition coefficient (Wildman–Crippen LogP) is 2.78. The molecule has 0 aromatic heterocycles. The lowest BCUT2D eigenvalue weighted by Crippen LogP contribution is -2.17. The fourth-order valence-electron chi connectivity index (χ4n) is 2.54. The van der Waals surface area contributed by atoms with E-state index in [0.29, 0.717) is 30.2 Å². The Morgan fingerprint density at radius 3 is 2.60 bits per heavy atom. The minimum absolute atomic E-state index is 0.0307. The van der Waals surface area contributed by atoms with E-state index in [2.05, 4.69) is 11.6 Å². The van der Waals surface area contributed by atoms with Gasteiger partial charge in [-0.15, -0.1) is 0 Å². The summed E-state index contributed by atoms with van der Waals surface area (Å²) >= 11 is 0. The van der Waals surface area contributed by atoms with Crippen molar-refractivity contribution in [2.45, 2.75) is 25.6 Å². The van der Waals surface area contributed by atoms with Crippen molar-refractivity contribution in [3.05, 3.63) is 58.7 Å². The predicted molar refractivity (Wildman–Crippen MR) is 88.4 cm³/mol. The third-order valence-corrected chi connectivity index (χ3v) is 3.63. The zero-order valence-corrected chi connectivity index (χ0v) is 13.6. The van der Waals surface area contributed by atoms with Gasteiger partial charge in [-0.2, -0.15) is 0 Å². The standard InChI is InChI=1S/C17H20F3N3O2/c1-10(22)7-14(23-9-21)13(17-24-5-6-25-17)8-11-3-2-4-12(15(11)18)16(19)20/h2-4,9,16-17H,1,5-8,22H2,(H2,21,23)/b14-13+. The van der Waals surface area contributed by atoms with E-state index in [1.165, 1.54) is 12.1 Å². The van der Waals surface area contributed by atoms with Gasteiger partial charge in [0.15, 0.2) is 6.29 Å². The van der Waals surface area contributed by atoms with Crippen molar-refractivity contribution in [2.24, 2.45) is 16.5 Å². The maximum atomic E-state index is 14.4. The van der Waals surface area contributed by atoms with Crippen LogP contribution >= 0.6 is 0 Å². The van der Waals surface area contributed by atoms with Crippen molar-refractivity contribution in [3.8, 4) is 0 Å². The molecule has 0 aliphatic carbocycles. The van der Waals surface area contributed by atoms with Gasteiger partial charge in [0, 0.05) is 24.1 Å². The monoisotopic (exact) mass is 355 g/mol. The third kappa shape index (κ3) is 4.83. The van der Waals surface area contributed by atoms with Crippen LogP contribution in [0.1, 0.15) is 24.0 Å². The topological polar surface area (TPSA) is 82.9 Å². The van der Waals surface area contributed by atoms with Crippen LogP contribution in [0.4, 0.5) is 13.2 Å². The molecule has 0 radical (unpaired) electrons. The first-order valence-corrected chi connectivity index (χ1v) is 7.62. The normalized spacial score (nSPS) is 16.6. The number of halogens is 3. The zero-order valence-electron chi connectivity index (χ0n) is 13.6. The minimum atomic E-state index is -2.91. The van der Waals surface area contributed by atoms with Crippen LogP contribution < -0.4 is 11.5 Å². The van der Waals surface area contributed by atoms with Gasteiger partial charge >= 0.3 is 0 Å². The summed E-state index contributed by atoms with van der Waals surface area (Å²) in [5.41, 5.74) is 11.6. The molecule has 1 fully saturated rings. The maximum absolute atomic E-state index is 14.4. The van der Waals surface area contributed by atoms with E-state index in [1.807, 2.05) is 0 Å². The first-order valence-electron chi connectivity index (χ1n) is 7.62. The highest BCUT2D eigenvalue weighted by Crippen LogP contribution is 2.29. The Morgan fingerprint density at radius 1 is 1.36 bits per heavy atom. The molecular weight excluding hydrogens is 335 g/mol. The van der Waals surface area contributed by atoms with Crippen molar-refractivity contribution >= 4 is 6.34 Å². The fourth-order valence-corrected chi connectivity index (χ4v) is 2.54. The molecule has 0 spiro atoms. The molecule has 0 atom stereocenters. The molecule has 0 saturated carbocycles. The number of rotatable bonds is 7. The first kappa shape index (κ1) is 19.0. The van der Waals surface area contributed by atoms with E-state index in [4.69, 9.17) is 20.9 Å². The van der Waals surface area contributed by atoms with Crippen molar-refractivity contribution < 1.29 is 22.6 Å². The number of hydrogen-bond acceptors (Lipinski definition) is 4. The summed E-state index contributed by atoms with van der Waals surface area (Å²) in [7, 11) is 0. The van der Waals surface area contributed by atoms with E-state index in [0.717, 1.165) is 12.4 Å². The number of alkyl halides is 2. The highest BCUT2D eigenvalue weighted by atomic mass is 19.3. The van der Waals surface area contributed by atoms with Crippen LogP contribution in [0, 0.1) is 5.82 Å². The fraction of sp³-hybridized carbons (Fsp3) is 0.353. The lowest BCUT2D eigenvalue weighted by molar-refractivity contribution is -0.0136. The molecule has 0 amide bonds. The van der Waals surface area contributed by atoms with Gasteiger partial charge in [-0.3, -0.25) is 0 Å². The lowest BCUT2D eigenvalue weighted by Gasteiger charge is -2.18. The van der Waals surface area contributed by atoms with Gasteiger partial charge in [0.05, 0.1) is 30.8 Å². The van der Waals surface area contributed by atoms with E-state index in [-0.39, 0.29) is 18.4 Å². The van der Waals surface area contributed by atoms with Crippen LogP contribution in [0.2, 0.25) is 0 Å². The highest BCUT2D eigenvalue weighted by Gasteiger charge is 2.26. The average molecular weight is 355 g/mol. The first-order chi connectivity index (χ1) is 11.9. The van der Waals surface area contributed by atoms with Gasteiger partial charge in [-0.1, -0.05) is 24.8 Å². The molecule has 136 valence electrons. The Morgan fingerprint density at radius 2 is 2.04 bits per heavy atom. The molecular formula is C17H20F3N3O2. The molecule has 0 unspecified atom stereocenters. The number of benzene rings is 1. The molecule has 1 aromatic rings. The van der Waals surface area contributed by atoms with Gasteiger partial charge in [0.25, 0.3) is 6.43 Å². The maximum Gasteiger partial charge on any atom is 0.266 e. The molecule has 25 heavy (non-hydrogen) atoms. The lowest BCUT2D eigenvalue weighted by atomic mass is 9.98. The Balaban J connectivity index is 2.46. The molecule has 5 nitrogen and oxygen atoms in total. The Labute approximate surface area is 143 Å². The smallest absolute Gasteiger partial charge is 0.266 e. The zero-order chi connectivity index (χ0) is 18.4. The number of nitrogens with two attached hydrogens (primary N) is 2. The number of aliphatic imine (C=N–C) groups is 1. The van der Waals surface area contributed by atoms with Crippen molar-refractivity contribution in [2.75, 3.05) is 13.2 Å². The van der Waals surface area contributed by atoms with Gasteiger partial charge in [-0.25, -0.2) is 18.2 Å². The molecule has 2 rings (SSSR count). The molecule has 4 N–H and O–H groups in total. The second-order valence-corrected chi connectivity index (χ2v) is 5.46. The number of hydrogen-bond donors (Lipinski definition) is 2. The summed E-state index contributed by atoms with van der Waals surface area (Å²) in [6, 6.07) is 3.86. The SMILES string of the molecule is C=C(N)C/C(N=CN)=C(/Cc1cccc(C(F)F)c1F)C1OCCO1. The number of nitrogens with zero attached hydrogens (tertiary/aromatic N) is 1. The molecule has 1 aliphatic heterocycles. The van der Waals surface area contributed by atoms with Crippen molar-refractivity contribution in [1.29, 1.82) is 0 Å². The molecule has 1 heterocycles. The second-order valence-electron chi connectivity index (χ2n) is 5.46. The molecule has 0 bridgehead atoms.